The van der Waals surface area contributed by atoms with E-state index < -0.39 is 0 Å². The molecule has 0 bridgehead atoms. The fourth-order valence-corrected chi connectivity index (χ4v) is 1.94. The van der Waals surface area contributed by atoms with E-state index in [-0.39, 0.29) is 12.1 Å². The Morgan fingerprint density at radius 2 is 2.22 bits per heavy atom. The molecule has 0 aromatic heterocycles. The first-order valence-corrected chi connectivity index (χ1v) is 6.16. The average molecular weight is 249 g/mol. The van der Waals surface area contributed by atoms with E-state index in [4.69, 9.17) is 4.74 Å². The molecule has 1 saturated heterocycles. The SMILES string of the molecule is COc1ccc(CNC(=O)NC2CCNC2)cc1. The van der Waals surface area contributed by atoms with Crippen molar-refractivity contribution in [2.24, 2.45) is 0 Å². The van der Waals surface area contributed by atoms with Crippen molar-refractivity contribution in [3.8, 4) is 5.75 Å². The summed E-state index contributed by atoms with van der Waals surface area (Å²) in [5.41, 5.74) is 1.05. The molecule has 0 saturated carbocycles. The van der Waals surface area contributed by atoms with Gasteiger partial charge in [0.15, 0.2) is 0 Å². The summed E-state index contributed by atoms with van der Waals surface area (Å²) in [6.07, 6.45) is 0.996. The molecule has 1 aromatic rings. The number of carbonyl (C=O) groups excluding carboxylic acids is 1. The lowest BCUT2D eigenvalue weighted by Crippen LogP contribution is -2.42. The standard InChI is InChI=1S/C13H19N3O2/c1-18-12-4-2-10(3-5-12)8-15-13(17)16-11-6-7-14-9-11/h2-5,11,14H,6-9H2,1H3,(H2,15,16,17). The van der Waals surface area contributed by atoms with E-state index in [0.717, 1.165) is 30.8 Å². The number of hydrogen-bond acceptors (Lipinski definition) is 3. The Morgan fingerprint density at radius 1 is 1.44 bits per heavy atom. The highest BCUT2D eigenvalue weighted by Crippen LogP contribution is 2.10. The largest absolute Gasteiger partial charge is 0.497 e. The van der Waals surface area contributed by atoms with Crippen molar-refractivity contribution < 1.29 is 9.53 Å². The molecule has 1 aromatic carbocycles. The van der Waals surface area contributed by atoms with E-state index in [1.54, 1.807) is 7.11 Å². The van der Waals surface area contributed by atoms with Gasteiger partial charge in [0.1, 0.15) is 5.75 Å². The van der Waals surface area contributed by atoms with Gasteiger partial charge in [0.25, 0.3) is 0 Å². The molecule has 1 heterocycles. The van der Waals surface area contributed by atoms with Gasteiger partial charge >= 0.3 is 6.03 Å². The minimum absolute atomic E-state index is 0.112. The molecule has 0 spiro atoms. The number of rotatable bonds is 4. The van der Waals surface area contributed by atoms with Gasteiger partial charge < -0.3 is 20.7 Å². The molecule has 0 radical (unpaired) electrons. The summed E-state index contributed by atoms with van der Waals surface area (Å²) in [7, 11) is 1.64. The van der Waals surface area contributed by atoms with Crippen LogP contribution in [-0.4, -0.2) is 32.3 Å². The van der Waals surface area contributed by atoms with Crippen molar-refractivity contribution in [2.75, 3.05) is 20.2 Å². The van der Waals surface area contributed by atoms with Gasteiger partial charge in [-0.2, -0.15) is 0 Å². The Morgan fingerprint density at radius 3 is 2.83 bits per heavy atom. The van der Waals surface area contributed by atoms with Crippen LogP contribution in [0.2, 0.25) is 0 Å². The van der Waals surface area contributed by atoms with Gasteiger partial charge in [-0.3, -0.25) is 0 Å². The molecule has 18 heavy (non-hydrogen) atoms. The lowest BCUT2D eigenvalue weighted by Gasteiger charge is -2.12. The Labute approximate surface area is 107 Å². The highest BCUT2D eigenvalue weighted by molar-refractivity contribution is 5.74. The van der Waals surface area contributed by atoms with Crippen molar-refractivity contribution in [1.82, 2.24) is 16.0 Å². The number of amides is 2. The summed E-state index contributed by atoms with van der Waals surface area (Å²) in [6.45, 7) is 2.36. The summed E-state index contributed by atoms with van der Waals surface area (Å²) < 4.78 is 5.08. The summed E-state index contributed by atoms with van der Waals surface area (Å²) in [5, 5.41) is 8.99. The van der Waals surface area contributed by atoms with E-state index in [1.807, 2.05) is 24.3 Å². The van der Waals surface area contributed by atoms with E-state index in [2.05, 4.69) is 16.0 Å². The molecule has 5 heteroatoms. The highest BCUT2D eigenvalue weighted by Gasteiger charge is 2.15. The second kappa shape index (κ2) is 6.26. The third-order valence-corrected chi connectivity index (χ3v) is 3.01. The maximum absolute atomic E-state index is 11.6. The fourth-order valence-electron chi connectivity index (χ4n) is 1.94. The molecule has 1 fully saturated rings. The van der Waals surface area contributed by atoms with Crippen LogP contribution in [0.1, 0.15) is 12.0 Å². The highest BCUT2D eigenvalue weighted by atomic mass is 16.5. The van der Waals surface area contributed by atoms with Crippen LogP contribution < -0.4 is 20.7 Å². The second-order valence-corrected chi connectivity index (χ2v) is 4.36. The first-order chi connectivity index (χ1) is 8.78. The summed E-state index contributed by atoms with van der Waals surface area (Å²) in [4.78, 5) is 11.6. The molecule has 2 rings (SSSR count). The van der Waals surface area contributed by atoms with Crippen molar-refractivity contribution in [1.29, 1.82) is 0 Å². The van der Waals surface area contributed by atoms with Crippen molar-refractivity contribution in [2.45, 2.75) is 19.0 Å². The van der Waals surface area contributed by atoms with Crippen LogP contribution in [0.5, 0.6) is 5.75 Å². The van der Waals surface area contributed by atoms with E-state index in [0.29, 0.717) is 6.54 Å². The van der Waals surface area contributed by atoms with E-state index >= 15 is 0 Å². The van der Waals surface area contributed by atoms with Gasteiger partial charge in [-0.15, -0.1) is 0 Å². The van der Waals surface area contributed by atoms with Crippen LogP contribution in [0.15, 0.2) is 24.3 Å². The normalized spacial score (nSPS) is 18.4. The number of nitrogens with one attached hydrogen (secondary N) is 3. The van der Waals surface area contributed by atoms with Crippen molar-refractivity contribution >= 4 is 6.03 Å². The molecule has 98 valence electrons. The number of carbonyl (C=O) groups is 1. The smallest absolute Gasteiger partial charge is 0.315 e. The van der Waals surface area contributed by atoms with Gasteiger partial charge in [0, 0.05) is 19.1 Å². The van der Waals surface area contributed by atoms with Crippen LogP contribution in [0.3, 0.4) is 0 Å². The molecular formula is C13H19N3O2. The topological polar surface area (TPSA) is 62.4 Å². The number of benzene rings is 1. The minimum Gasteiger partial charge on any atom is -0.497 e. The predicted octanol–water partition coefficient (Wildman–Crippen LogP) is 0.856. The molecule has 1 atom stereocenters. The van der Waals surface area contributed by atoms with Crippen LogP contribution in [0.25, 0.3) is 0 Å². The zero-order valence-electron chi connectivity index (χ0n) is 10.5. The van der Waals surface area contributed by atoms with Gasteiger partial charge in [0.05, 0.1) is 7.11 Å². The molecule has 0 aliphatic carbocycles. The predicted molar refractivity (Wildman–Crippen MR) is 69.6 cm³/mol. The molecule has 2 amide bonds. The lowest BCUT2D eigenvalue weighted by atomic mass is 10.2. The first kappa shape index (κ1) is 12.7. The van der Waals surface area contributed by atoms with Gasteiger partial charge in [-0.05, 0) is 30.7 Å². The summed E-state index contributed by atoms with van der Waals surface area (Å²) in [5.74, 6) is 0.820. The number of methoxy groups -OCH3 is 1. The Hall–Kier alpha value is -1.75. The first-order valence-electron chi connectivity index (χ1n) is 6.16. The number of ether oxygens (including phenoxy) is 1. The maximum Gasteiger partial charge on any atom is 0.315 e. The molecule has 1 aliphatic heterocycles. The van der Waals surface area contributed by atoms with Gasteiger partial charge in [-0.1, -0.05) is 12.1 Å². The fraction of sp³-hybridized carbons (Fsp3) is 0.462. The Bertz CT molecular complexity index is 386. The molecule has 3 N–H and O–H groups in total. The molecule has 5 nitrogen and oxygen atoms in total. The number of hydrogen-bond donors (Lipinski definition) is 3. The van der Waals surface area contributed by atoms with Crippen LogP contribution in [-0.2, 0) is 6.54 Å². The third kappa shape index (κ3) is 3.63. The average Bonchev–Trinajstić information content (AvgIpc) is 2.90. The Kier molecular flexibility index (Phi) is 4.41. The lowest BCUT2D eigenvalue weighted by molar-refractivity contribution is 0.237. The zero-order valence-corrected chi connectivity index (χ0v) is 10.5. The monoisotopic (exact) mass is 249 g/mol. The van der Waals surface area contributed by atoms with Crippen molar-refractivity contribution in [3.63, 3.8) is 0 Å². The second-order valence-electron chi connectivity index (χ2n) is 4.36. The zero-order chi connectivity index (χ0) is 12.8. The van der Waals surface area contributed by atoms with Gasteiger partial charge in [0.2, 0.25) is 0 Å². The van der Waals surface area contributed by atoms with Crippen LogP contribution >= 0.6 is 0 Å². The molecular weight excluding hydrogens is 230 g/mol. The molecule has 1 aliphatic rings. The van der Waals surface area contributed by atoms with Gasteiger partial charge in [-0.25, -0.2) is 4.79 Å². The maximum atomic E-state index is 11.6. The minimum atomic E-state index is -0.112. The van der Waals surface area contributed by atoms with Crippen LogP contribution in [0, 0.1) is 0 Å². The number of urea groups is 1. The molecule has 1 unspecified atom stereocenters. The van der Waals surface area contributed by atoms with Crippen LogP contribution in [0.4, 0.5) is 4.79 Å². The van der Waals surface area contributed by atoms with E-state index in [1.165, 1.54) is 0 Å². The summed E-state index contributed by atoms with van der Waals surface area (Å²) in [6, 6.07) is 7.79. The Balaban J connectivity index is 1.74. The van der Waals surface area contributed by atoms with E-state index in [9.17, 15) is 4.79 Å². The summed E-state index contributed by atoms with van der Waals surface area (Å²) >= 11 is 0. The third-order valence-electron chi connectivity index (χ3n) is 3.01. The quantitative estimate of drug-likeness (QED) is 0.741. The van der Waals surface area contributed by atoms with Crippen molar-refractivity contribution in [3.05, 3.63) is 29.8 Å².